The Morgan fingerprint density at radius 2 is 2.00 bits per heavy atom. The minimum absolute atomic E-state index is 0.599. The van der Waals surface area contributed by atoms with Crippen molar-refractivity contribution < 1.29 is 0 Å². The van der Waals surface area contributed by atoms with Gasteiger partial charge in [-0.3, -0.25) is 0 Å². The topological polar surface area (TPSA) is 23.9 Å². The fourth-order valence-corrected chi connectivity index (χ4v) is 1.06. The summed E-state index contributed by atoms with van der Waals surface area (Å²) in [6.45, 7) is 3.75. The summed E-state index contributed by atoms with van der Waals surface area (Å²) in [6.07, 6.45) is 3.80. The fraction of sp³-hybridized carbons (Fsp3) is 0.286. The second kappa shape index (κ2) is 4.73. The van der Waals surface area contributed by atoms with Gasteiger partial charge in [-0.15, -0.1) is 0 Å². The van der Waals surface area contributed by atoms with Gasteiger partial charge in [0.05, 0.1) is 0 Å². The minimum atomic E-state index is 0.599. The number of rotatable bonds is 2. The van der Waals surface area contributed by atoms with Gasteiger partial charge in [-0.05, 0) is 29.6 Å². The Morgan fingerprint density at radius 1 is 1.44 bits per heavy atom. The molecule has 0 atom stereocenters. The Hall–Kier alpha value is -0.120. The monoisotopic (exact) mass is 235 g/mol. The van der Waals surface area contributed by atoms with Crippen molar-refractivity contribution in [2.75, 3.05) is 0 Å². The second-order valence-corrected chi connectivity index (χ2v) is 2.58. The first-order valence-electron chi connectivity index (χ1n) is 2.67. The summed E-state index contributed by atoms with van der Waals surface area (Å²) in [6, 6.07) is 0. The van der Waals surface area contributed by atoms with Gasteiger partial charge in [0.25, 0.3) is 0 Å². The van der Waals surface area contributed by atoms with Crippen LogP contribution in [0.4, 0.5) is 0 Å². The average Bonchev–Trinajstić information content (AvgIpc) is 1.63. The summed E-state index contributed by atoms with van der Waals surface area (Å²) in [5.74, 6) is 0. The molecule has 0 spiro atoms. The van der Waals surface area contributed by atoms with Crippen molar-refractivity contribution >= 4 is 28.3 Å². The molecule has 0 unspecified atom stereocenters. The van der Waals surface area contributed by atoms with Gasteiger partial charge in [0, 0.05) is 5.71 Å². The number of hydrogen-bond acceptors (Lipinski definition) is 1. The van der Waals surface area contributed by atoms with E-state index in [1.54, 1.807) is 6.92 Å². The fourth-order valence-electron chi connectivity index (χ4n) is 0.489. The van der Waals surface area contributed by atoms with E-state index in [0.29, 0.717) is 5.71 Å². The van der Waals surface area contributed by atoms with E-state index in [0.717, 1.165) is 5.57 Å². The van der Waals surface area contributed by atoms with Crippen molar-refractivity contribution in [1.82, 2.24) is 0 Å². The van der Waals surface area contributed by atoms with E-state index in [-0.39, 0.29) is 0 Å². The maximum atomic E-state index is 7.09. The van der Waals surface area contributed by atoms with Gasteiger partial charge < -0.3 is 5.41 Å². The Morgan fingerprint density at radius 3 is 2.33 bits per heavy atom. The Balaban J connectivity index is 4.00. The SMILES string of the molecule is CC(=N)C=C(C)/C=C\I. The lowest BCUT2D eigenvalue weighted by Crippen LogP contribution is -1.80. The lowest BCUT2D eigenvalue weighted by molar-refractivity contribution is 1.46. The van der Waals surface area contributed by atoms with Crippen LogP contribution in [0.3, 0.4) is 0 Å². The summed E-state index contributed by atoms with van der Waals surface area (Å²) in [5, 5.41) is 7.09. The van der Waals surface area contributed by atoms with E-state index >= 15 is 0 Å². The van der Waals surface area contributed by atoms with Crippen LogP contribution in [0.25, 0.3) is 0 Å². The van der Waals surface area contributed by atoms with E-state index in [2.05, 4.69) is 22.6 Å². The lowest BCUT2D eigenvalue weighted by atomic mass is 10.2. The molecule has 0 fully saturated rings. The van der Waals surface area contributed by atoms with Crippen molar-refractivity contribution in [3.05, 3.63) is 21.8 Å². The highest BCUT2D eigenvalue weighted by Crippen LogP contribution is 1.97. The highest BCUT2D eigenvalue weighted by atomic mass is 127. The van der Waals surface area contributed by atoms with Gasteiger partial charge in [0.1, 0.15) is 0 Å². The predicted molar refractivity (Wildman–Crippen MR) is 50.3 cm³/mol. The normalized spacial score (nSPS) is 12.6. The first-order chi connectivity index (χ1) is 4.16. The van der Waals surface area contributed by atoms with Crippen molar-refractivity contribution in [3.63, 3.8) is 0 Å². The average molecular weight is 235 g/mol. The third-order valence-corrected chi connectivity index (χ3v) is 1.13. The van der Waals surface area contributed by atoms with Crippen LogP contribution in [0.2, 0.25) is 0 Å². The summed E-state index contributed by atoms with van der Waals surface area (Å²) in [4.78, 5) is 0. The van der Waals surface area contributed by atoms with E-state index in [1.165, 1.54) is 0 Å². The van der Waals surface area contributed by atoms with E-state index in [4.69, 9.17) is 5.41 Å². The number of hydrogen-bond donors (Lipinski definition) is 1. The molecule has 0 amide bonds. The molecule has 9 heavy (non-hydrogen) atoms. The van der Waals surface area contributed by atoms with Crippen LogP contribution in [0.1, 0.15) is 13.8 Å². The van der Waals surface area contributed by atoms with Gasteiger partial charge in [-0.2, -0.15) is 0 Å². The quantitative estimate of drug-likeness (QED) is 0.432. The van der Waals surface area contributed by atoms with Gasteiger partial charge in [0.15, 0.2) is 0 Å². The van der Waals surface area contributed by atoms with Gasteiger partial charge in [0.2, 0.25) is 0 Å². The highest BCUT2D eigenvalue weighted by molar-refractivity contribution is 14.1. The zero-order valence-corrected chi connectivity index (χ0v) is 7.77. The molecule has 0 aliphatic carbocycles. The number of nitrogens with one attached hydrogen (secondary N) is 1. The molecule has 0 aromatic carbocycles. The largest absolute Gasteiger partial charge is 0.306 e. The molecule has 0 bridgehead atoms. The van der Waals surface area contributed by atoms with E-state index < -0.39 is 0 Å². The zero-order valence-electron chi connectivity index (χ0n) is 5.61. The molecule has 1 nitrogen and oxygen atoms in total. The van der Waals surface area contributed by atoms with Crippen molar-refractivity contribution in [2.24, 2.45) is 0 Å². The highest BCUT2D eigenvalue weighted by Gasteiger charge is 1.80. The molecule has 0 saturated heterocycles. The molecular weight excluding hydrogens is 225 g/mol. The molecule has 0 aromatic heterocycles. The summed E-state index contributed by atoms with van der Waals surface area (Å²) in [7, 11) is 0. The lowest BCUT2D eigenvalue weighted by Gasteiger charge is -1.87. The molecule has 0 radical (unpaired) electrons. The predicted octanol–water partition coefficient (Wildman–Crippen LogP) is 2.92. The summed E-state index contributed by atoms with van der Waals surface area (Å²) in [5.41, 5.74) is 1.72. The molecule has 1 N–H and O–H groups in total. The van der Waals surface area contributed by atoms with Crippen LogP contribution in [-0.4, -0.2) is 5.71 Å². The summed E-state index contributed by atoms with van der Waals surface area (Å²) < 4.78 is 1.94. The van der Waals surface area contributed by atoms with E-state index in [1.807, 2.05) is 23.2 Å². The third-order valence-electron chi connectivity index (χ3n) is 0.770. The Labute approximate surface area is 69.5 Å². The van der Waals surface area contributed by atoms with Crippen LogP contribution < -0.4 is 0 Å². The molecule has 2 heteroatoms. The molecule has 0 aromatic rings. The Kier molecular flexibility index (Phi) is 4.67. The van der Waals surface area contributed by atoms with Crippen molar-refractivity contribution in [3.8, 4) is 0 Å². The molecule has 0 heterocycles. The first-order valence-corrected chi connectivity index (χ1v) is 3.91. The smallest absolute Gasteiger partial charge is 0.0285 e. The number of halogens is 1. The van der Waals surface area contributed by atoms with Crippen LogP contribution in [0, 0.1) is 5.41 Å². The molecule has 0 aliphatic heterocycles. The third kappa shape index (κ3) is 5.76. The summed E-state index contributed by atoms with van der Waals surface area (Å²) >= 11 is 2.16. The molecular formula is C7H10IN. The maximum Gasteiger partial charge on any atom is 0.0285 e. The van der Waals surface area contributed by atoms with Crippen molar-refractivity contribution in [2.45, 2.75) is 13.8 Å². The van der Waals surface area contributed by atoms with Crippen molar-refractivity contribution in [1.29, 1.82) is 5.41 Å². The molecule has 0 saturated carbocycles. The van der Waals surface area contributed by atoms with Gasteiger partial charge in [-0.25, -0.2) is 0 Å². The van der Waals surface area contributed by atoms with Gasteiger partial charge in [-0.1, -0.05) is 28.7 Å². The van der Waals surface area contributed by atoms with Crippen LogP contribution in [-0.2, 0) is 0 Å². The molecule has 0 aliphatic rings. The van der Waals surface area contributed by atoms with Crippen LogP contribution in [0.15, 0.2) is 21.8 Å². The van der Waals surface area contributed by atoms with Gasteiger partial charge >= 0.3 is 0 Å². The zero-order chi connectivity index (χ0) is 7.28. The van der Waals surface area contributed by atoms with Crippen LogP contribution >= 0.6 is 22.6 Å². The maximum absolute atomic E-state index is 7.09. The van der Waals surface area contributed by atoms with Crippen LogP contribution in [0.5, 0.6) is 0 Å². The van der Waals surface area contributed by atoms with E-state index in [9.17, 15) is 0 Å². The Bertz CT molecular complexity index is 156. The minimum Gasteiger partial charge on any atom is -0.306 e. The second-order valence-electron chi connectivity index (χ2n) is 1.86. The standard InChI is InChI=1S/C7H10IN/c1-6(3-4-8)5-7(2)9/h3-5,9H,1-2H3/b4-3-,6-5?,9-7?. The first kappa shape index (κ1) is 8.88. The molecule has 50 valence electrons. The molecule has 0 rings (SSSR count). The number of allylic oxidation sites excluding steroid dienone is 3.